The second kappa shape index (κ2) is 8.17. The molecule has 0 fully saturated rings. The van der Waals surface area contributed by atoms with Gasteiger partial charge >= 0.3 is 0 Å². The maximum absolute atomic E-state index is 12.4. The maximum atomic E-state index is 12.4. The molecule has 3 nitrogen and oxygen atoms in total. The number of hydrogen-bond donors (Lipinski definition) is 1. The summed E-state index contributed by atoms with van der Waals surface area (Å²) in [5, 5.41) is 2.96. The monoisotopic (exact) mass is 343 g/mol. The van der Waals surface area contributed by atoms with Crippen LogP contribution in [-0.2, 0) is 4.79 Å². The summed E-state index contributed by atoms with van der Waals surface area (Å²) in [6, 6.07) is 23.6. The number of para-hydroxylation sites is 1. The van der Waals surface area contributed by atoms with Gasteiger partial charge in [0.2, 0.25) is 5.91 Å². The van der Waals surface area contributed by atoms with E-state index < -0.39 is 0 Å². The first-order valence-electron chi connectivity index (χ1n) is 8.45. The number of methoxy groups -OCH3 is 1. The van der Waals surface area contributed by atoms with Gasteiger partial charge in [-0.1, -0.05) is 60.2 Å². The van der Waals surface area contributed by atoms with Crippen LogP contribution < -0.4 is 10.1 Å². The molecule has 3 aromatic carbocycles. The van der Waals surface area contributed by atoms with Crippen LogP contribution in [-0.4, -0.2) is 13.0 Å². The maximum Gasteiger partial charge on any atom is 0.248 e. The summed E-state index contributed by atoms with van der Waals surface area (Å²) in [6.45, 7) is 2.01. The molecule has 0 unspecified atom stereocenters. The molecule has 3 heteroatoms. The second-order valence-corrected chi connectivity index (χ2v) is 5.98. The Labute approximate surface area is 154 Å². The van der Waals surface area contributed by atoms with Gasteiger partial charge in [-0.15, -0.1) is 0 Å². The van der Waals surface area contributed by atoms with Crippen molar-refractivity contribution in [1.29, 1.82) is 0 Å². The van der Waals surface area contributed by atoms with Gasteiger partial charge in [-0.2, -0.15) is 0 Å². The number of anilines is 1. The molecule has 0 heterocycles. The summed E-state index contributed by atoms with van der Waals surface area (Å²) in [6.07, 6.45) is 3.30. The third kappa shape index (κ3) is 4.19. The largest absolute Gasteiger partial charge is 0.496 e. The Kier molecular flexibility index (Phi) is 5.49. The van der Waals surface area contributed by atoms with Crippen molar-refractivity contribution < 1.29 is 9.53 Å². The molecule has 0 aromatic heterocycles. The topological polar surface area (TPSA) is 38.3 Å². The minimum absolute atomic E-state index is 0.183. The van der Waals surface area contributed by atoms with Crippen molar-refractivity contribution in [3.05, 3.63) is 90.0 Å². The van der Waals surface area contributed by atoms with Gasteiger partial charge < -0.3 is 10.1 Å². The summed E-state index contributed by atoms with van der Waals surface area (Å²) in [7, 11) is 1.62. The second-order valence-electron chi connectivity index (χ2n) is 5.98. The van der Waals surface area contributed by atoms with Gasteiger partial charge in [0.25, 0.3) is 0 Å². The van der Waals surface area contributed by atoms with E-state index in [-0.39, 0.29) is 5.91 Å². The van der Waals surface area contributed by atoms with E-state index in [1.165, 1.54) is 6.08 Å². The van der Waals surface area contributed by atoms with Crippen LogP contribution in [0.1, 0.15) is 11.1 Å². The van der Waals surface area contributed by atoms with Gasteiger partial charge in [-0.05, 0) is 36.8 Å². The Balaban J connectivity index is 1.81. The van der Waals surface area contributed by atoms with Crippen LogP contribution in [0.4, 0.5) is 5.69 Å². The van der Waals surface area contributed by atoms with Crippen molar-refractivity contribution in [2.24, 2.45) is 0 Å². The molecule has 0 saturated carbocycles. The van der Waals surface area contributed by atoms with Crippen molar-refractivity contribution in [3.63, 3.8) is 0 Å². The molecular weight excluding hydrogens is 322 g/mol. The molecule has 3 rings (SSSR count). The number of ether oxygens (including phenoxy) is 1. The van der Waals surface area contributed by atoms with E-state index >= 15 is 0 Å². The highest BCUT2D eigenvalue weighted by Gasteiger charge is 2.07. The minimum Gasteiger partial charge on any atom is -0.496 e. The number of aryl methyl sites for hydroxylation is 1. The first kappa shape index (κ1) is 17.5. The Morgan fingerprint density at radius 1 is 0.962 bits per heavy atom. The molecule has 0 atom stereocenters. The van der Waals surface area contributed by atoms with Gasteiger partial charge in [-0.25, -0.2) is 0 Å². The highest BCUT2D eigenvalue weighted by molar-refractivity contribution is 6.04. The fourth-order valence-electron chi connectivity index (χ4n) is 2.79. The number of rotatable bonds is 5. The van der Waals surface area contributed by atoms with E-state index in [4.69, 9.17) is 4.74 Å². The molecule has 130 valence electrons. The average Bonchev–Trinajstić information content (AvgIpc) is 2.67. The lowest BCUT2D eigenvalue weighted by atomic mass is 10.0. The van der Waals surface area contributed by atoms with Crippen LogP contribution >= 0.6 is 0 Å². The predicted octanol–water partition coefficient (Wildman–Crippen LogP) is 5.32. The minimum atomic E-state index is -0.183. The van der Waals surface area contributed by atoms with E-state index in [2.05, 4.69) is 5.32 Å². The Morgan fingerprint density at radius 3 is 2.46 bits per heavy atom. The smallest absolute Gasteiger partial charge is 0.248 e. The molecule has 0 aliphatic heterocycles. The van der Waals surface area contributed by atoms with Crippen LogP contribution in [0.25, 0.3) is 17.2 Å². The normalized spacial score (nSPS) is 10.7. The van der Waals surface area contributed by atoms with Crippen molar-refractivity contribution in [2.45, 2.75) is 6.92 Å². The molecule has 0 radical (unpaired) electrons. The van der Waals surface area contributed by atoms with E-state index in [9.17, 15) is 4.79 Å². The lowest BCUT2D eigenvalue weighted by molar-refractivity contribution is -0.111. The number of carbonyl (C=O) groups excluding carboxylic acids is 1. The summed E-state index contributed by atoms with van der Waals surface area (Å²) < 4.78 is 5.34. The standard InChI is InChI=1S/C23H21NO2/c1-17-12-14-22(26-2)19(16-17)13-15-23(25)24-21-11-7-6-10-20(21)18-8-4-3-5-9-18/h3-16H,1-2H3,(H,24,25)/b15-13+. The van der Waals surface area contributed by atoms with Crippen molar-refractivity contribution >= 4 is 17.7 Å². The van der Waals surface area contributed by atoms with Gasteiger partial charge in [-0.3, -0.25) is 4.79 Å². The fraction of sp³-hybridized carbons (Fsp3) is 0.0870. The molecule has 0 saturated heterocycles. The van der Waals surface area contributed by atoms with Gasteiger partial charge in [0, 0.05) is 22.9 Å². The van der Waals surface area contributed by atoms with Crippen LogP contribution in [0.15, 0.2) is 78.9 Å². The molecular formula is C23H21NO2. The molecule has 0 bridgehead atoms. The van der Waals surface area contributed by atoms with Gasteiger partial charge in [0.15, 0.2) is 0 Å². The molecule has 26 heavy (non-hydrogen) atoms. The highest BCUT2D eigenvalue weighted by atomic mass is 16.5. The molecule has 0 spiro atoms. The Morgan fingerprint density at radius 2 is 1.69 bits per heavy atom. The lowest BCUT2D eigenvalue weighted by Crippen LogP contribution is -2.08. The first-order valence-corrected chi connectivity index (χ1v) is 8.45. The third-order valence-corrected chi connectivity index (χ3v) is 4.07. The summed E-state index contributed by atoms with van der Waals surface area (Å²) in [5.74, 6) is 0.557. The van der Waals surface area contributed by atoms with Crippen molar-refractivity contribution in [2.75, 3.05) is 12.4 Å². The number of nitrogens with one attached hydrogen (secondary N) is 1. The third-order valence-electron chi connectivity index (χ3n) is 4.07. The van der Waals surface area contributed by atoms with E-state index in [0.29, 0.717) is 0 Å². The Bertz CT molecular complexity index is 930. The lowest BCUT2D eigenvalue weighted by Gasteiger charge is -2.10. The van der Waals surface area contributed by atoms with Crippen molar-refractivity contribution in [1.82, 2.24) is 0 Å². The number of benzene rings is 3. The highest BCUT2D eigenvalue weighted by Crippen LogP contribution is 2.27. The molecule has 0 aliphatic carbocycles. The zero-order chi connectivity index (χ0) is 18.4. The van der Waals surface area contributed by atoms with Crippen molar-refractivity contribution in [3.8, 4) is 16.9 Å². The van der Waals surface area contributed by atoms with Crippen LogP contribution in [0, 0.1) is 6.92 Å². The zero-order valence-electron chi connectivity index (χ0n) is 14.9. The van der Waals surface area contributed by atoms with E-state index in [1.807, 2.05) is 79.7 Å². The number of hydrogen-bond acceptors (Lipinski definition) is 2. The summed E-state index contributed by atoms with van der Waals surface area (Å²) in [4.78, 5) is 12.4. The van der Waals surface area contributed by atoms with E-state index in [1.54, 1.807) is 13.2 Å². The SMILES string of the molecule is COc1ccc(C)cc1/C=C/C(=O)Nc1ccccc1-c1ccccc1. The zero-order valence-corrected chi connectivity index (χ0v) is 14.9. The average molecular weight is 343 g/mol. The van der Waals surface area contributed by atoms with Crippen LogP contribution in [0.3, 0.4) is 0 Å². The van der Waals surface area contributed by atoms with E-state index in [0.717, 1.165) is 33.7 Å². The first-order chi connectivity index (χ1) is 12.7. The molecule has 1 amide bonds. The number of amides is 1. The Hall–Kier alpha value is -3.33. The quantitative estimate of drug-likeness (QED) is 0.637. The summed E-state index contributed by atoms with van der Waals surface area (Å²) >= 11 is 0. The van der Waals surface area contributed by atoms with Crippen LogP contribution in [0.2, 0.25) is 0 Å². The number of carbonyl (C=O) groups is 1. The molecule has 1 N–H and O–H groups in total. The summed E-state index contributed by atoms with van der Waals surface area (Å²) in [5.41, 5.74) is 4.82. The van der Waals surface area contributed by atoms with Crippen LogP contribution in [0.5, 0.6) is 5.75 Å². The predicted molar refractivity (Wildman–Crippen MR) is 107 cm³/mol. The molecule has 3 aromatic rings. The molecule has 0 aliphatic rings. The van der Waals surface area contributed by atoms with Gasteiger partial charge in [0.1, 0.15) is 5.75 Å². The fourth-order valence-corrected chi connectivity index (χ4v) is 2.79. The van der Waals surface area contributed by atoms with Gasteiger partial charge in [0.05, 0.1) is 7.11 Å².